The molecule has 0 radical (unpaired) electrons. The van der Waals surface area contributed by atoms with E-state index in [0.29, 0.717) is 11.8 Å². The fourth-order valence-electron chi connectivity index (χ4n) is 2.83. The van der Waals surface area contributed by atoms with Crippen molar-refractivity contribution in [2.45, 2.75) is 65.7 Å². The van der Waals surface area contributed by atoms with Gasteiger partial charge in [0.15, 0.2) is 0 Å². The van der Waals surface area contributed by atoms with Crippen LogP contribution in [0.5, 0.6) is 0 Å². The molecule has 116 valence electrons. The van der Waals surface area contributed by atoms with Crippen LogP contribution in [-0.2, 0) is 27.3 Å². The molecule has 0 aliphatic heterocycles. The number of halogens is 2. The Bertz CT molecular complexity index is 494. The molecule has 21 heavy (non-hydrogen) atoms. The van der Waals surface area contributed by atoms with Crippen LogP contribution in [0.2, 0.25) is 0 Å². The van der Waals surface area contributed by atoms with E-state index in [0.717, 1.165) is 6.42 Å². The van der Waals surface area contributed by atoms with Crippen molar-refractivity contribution in [1.29, 1.82) is 0 Å². The van der Waals surface area contributed by atoms with Crippen molar-refractivity contribution >= 4 is 23.1 Å². The molecule has 0 aromatic heterocycles. The molecule has 0 bridgehead atoms. The topological polar surface area (TPSA) is 0 Å². The maximum atomic E-state index is 4.93. The third-order valence-corrected chi connectivity index (χ3v) is 4.50. The minimum absolute atomic E-state index is 0.671. The van der Waals surface area contributed by atoms with Gasteiger partial charge in [-0.3, -0.25) is 0 Å². The summed E-state index contributed by atoms with van der Waals surface area (Å²) in [5, 5.41) is 0. The standard InChI is InChI=1S/C18H26.2ClH.Zr/c1-6-13(4)15-10-16-8-12(3)9-18(16)17(11-15)14(5)7-2;;;/h9-11,13-14H,6-8H2,1-5H3;2*1H;/q;;;+2/p-2. The molecule has 0 heterocycles. The molecule has 1 aliphatic carbocycles. The molecule has 0 N–H and O–H groups in total. The third-order valence-electron chi connectivity index (χ3n) is 4.50. The van der Waals surface area contributed by atoms with E-state index in [4.69, 9.17) is 17.0 Å². The number of hydrogen-bond acceptors (Lipinski definition) is 0. The Morgan fingerprint density at radius 2 is 1.67 bits per heavy atom. The first-order chi connectivity index (χ1) is 9.98. The maximum absolute atomic E-state index is 4.93. The average molecular weight is 405 g/mol. The number of allylic oxidation sites excluding steroid dienone is 1. The van der Waals surface area contributed by atoms with Gasteiger partial charge in [-0.1, -0.05) is 51.5 Å². The monoisotopic (exact) mass is 402 g/mol. The van der Waals surface area contributed by atoms with Crippen molar-refractivity contribution in [2.24, 2.45) is 0 Å². The molecule has 0 nitrogen and oxygen atoms in total. The fraction of sp³-hybridized carbons (Fsp3) is 0.556. The van der Waals surface area contributed by atoms with Crippen molar-refractivity contribution in [3.05, 3.63) is 40.0 Å². The predicted octanol–water partition coefficient (Wildman–Crippen LogP) is 7.05. The van der Waals surface area contributed by atoms with Crippen LogP contribution in [-0.4, -0.2) is 0 Å². The second kappa shape index (κ2) is 9.54. The van der Waals surface area contributed by atoms with Gasteiger partial charge in [-0.15, -0.1) is 0 Å². The Balaban J connectivity index is 0.000000677. The zero-order valence-electron chi connectivity index (χ0n) is 13.8. The van der Waals surface area contributed by atoms with Crippen molar-refractivity contribution in [3.8, 4) is 0 Å². The summed E-state index contributed by atoms with van der Waals surface area (Å²) in [5.74, 6) is 1.35. The molecular weight excluding hydrogens is 378 g/mol. The van der Waals surface area contributed by atoms with E-state index < -0.39 is 20.8 Å². The van der Waals surface area contributed by atoms with Crippen LogP contribution in [0.25, 0.3) is 6.08 Å². The van der Waals surface area contributed by atoms with E-state index in [1.165, 1.54) is 29.5 Å². The van der Waals surface area contributed by atoms with Gasteiger partial charge in [0.25, 0.3) is 0 Å². The summed E-state index contributed by atoms with van der Waals surface area (Å²) in [6, 6.07) is 4.92. The SMILES string of the molecule is CCC(C)c1cc2c(c(C(C)CC)c1)C=C(C)C2.[Cl][Zr][Cl]. The van der Waals surface area contributed by atoms with Gasteiger partial charge in [0.2, 0.25) is 0 Å². The zero-order chi connectivity index (χ0) is 16.0. The number of hydrogen-bond donors (Lipinski definition) is 0. The molecule has 2 unspecified atom stereocenters. The van der Waals surface area contributed by atoms with E-state index in [1.807, 2.05) is 0 Å². The Hall–Kier alpha value is 0.423. The average Bonchev–Trinajstić information content (AvgIpc) is 2.85. The van der Waals surface area contributed by atoms with Crippen LogP contribution in [0.4, 0.5) is 0 Å². The van der Waals surface area contributed by atoms with E-state index in [-0.39, 0.29) is 0 Å². The van der Waals surface area contributed by atoms with Gasteiger partial charge in [-0.05, 0) is 60.3 Å². The summed E-state index contributed by atoms with van der Waals surface area (Å²) >= 11 is -0.826. The first-order valence-electron chi connectivity index (χ1n) is 7.78. The van der Waals surface area contributed by atoms with Crippen LogP contribution in [0.3, 0.4) is 0 Å². The normalized spacial score (nSPS) is 15.5. The molecule has 2 atom stereocenters. The molecule has 0 saturated heterocycles. The van der Waals surface area contributed by atoms with E-state index in [9.17, 15) is 0 Å². The summed E-state index contributed by atoms with van der Waals surface area (Å²) in [6.07, 6.45) is 6.01. The second-order valence-electron chi connectivity index (χ2n) is 6.04. The van der Waals surface area contributed by atoms with Crippen LogP contribution in [0.1, 0.15) is 81.5 Å². The van der Waals surface area contributed by atoms with Gasteiger partial charge in [0.1, 0.15) is 0 Å². The summed E-state index contributed by atoms with van der Waals surface area (Å²) in [7, 11) is 9.87. The van der Waals surface area contributed by atoms with Crippen LogP contribution < -0.4 is 0 Å². The molecule has 0 amide bonds. The number of rotatable bonds is 4. The Morgan fingerprint density at radius 1 is 1.10 bits per heavy atom. The molecule has 0 saturated carbocycles. The van der Waals surface area contributed by atoms with Gasteiger partial charge in [0.05, 0.1) is 0 Å². The Labute approximate surface area is 149 Å². The Morgan fingerprint density at radius 3 is 2.19 bits per heavy atom. The quantitative estimate of drug-likeness (QED) is 0.504. The van der Waals surface area contributed by atoms with Crippen molar-refractivity contribution < 1.29 is 20.8 Å². The van der Waals surface area contributed by atoms with Crippen LogP contribution in [0.15, 0.2) is 17.7 Å². The summed E-state index contributed by atoms with van der Waals surface area (Å²) in [4.78, 5) is 0. The minimum atomic E-state index is -0.826. The first-order valence-corrected chi connectivity index (χ1v) is 14.1. The summed E-state index contributed by atoms with van der Waals surface area (Å²) in [6.45, 7) is 11.5. The Kier molecular flexibility index (Phi) is 8.84. The third kappa shape index (κ3) is 5.23. The van der Waals surface area contributed by atoms with Crippen molar-refractivity contribution in [1.82, 2.24) is 0 Å². The molecule has 3 heteroatoms. The number of benzene rings is 1. The molecule has 2 rings (SSSR count). The van der Waals surface area contributed by atoms with Gasteiger partial charge < -0.3 is 0 Å². The first kappa shape index (κ1) is 19.5. The van der Waals surface area contributed by atoms with Gasteiger partial charge in [-0.2, -0.15) is 0 Å². The molecule has 0 spiro atoms. The van der Waals surface area contributed by atoms with Crippen molar-refractivity contribution in [2.75, 3.05) is 0 Å². The molecule has 0 fully saturated rings. The van der Waals surface area contributed by atoms with Crippen LogP contribution >= 0.6 is 17.0 Å². The van der Waals surface area contributed by atoms with E-state index in [2.05, 4.69) is 52.8 Å². The summed E-state index contributed by atoms with van der Waals surface area (Å²) in [5.41, 5.74) is 7.70. The van der Waals surface area contributed by atoms with Gasteiger partial charge >= 0.3 is 37.9 Å². The fourth-order valence-corrected chi connectivity index (χ4v) is 2.83. The molecule has 1 aliphatic rings. The van der Waals surface area contributed by atoms with Gasteiger partial charge in [-0.25, -0.2) is 0 Å². The molecular formula is C18H26Cl2Zr. The summed E-state index contributed by atoms with van der Waals surface area (Å²) < 4.78 is 0. The van der Waals surface area contributed by atoms with Crippen molar-refractivity contribution in [3.63, 3.8) is 0 Å². The van der Waals surface area contributed by atoms with Crippen LogP contribution in [0, 0.1) is 0 Å². The second-order valence-corrected chi connectivity index (χ2v) is 9.77. The number of fused-ring (bicyclic) bond motifs is 1. The predicted molar refractivity (Wildman–Crippen MR) is 92.9 cm³/mol. The molecule has 1 aromatic rings. The molecule has 1 aromatic carbocycles. The van der Waals surface area contributed by atoms with E-state index >= 15 is 0 Å². The zero-order valence-corrected chi connectivity index (χ0v) is 17.7. The van der Waals surface area contributed by atoms with Gasteiger partial charge in [0, 0.05) is 0 Å². The van der Waals surface area contributed by atoms with E-state index in [1.54, 1.807) is 11.1 Å².